The van der Waals surface area contributed by atoms with E-state index < -0.39 is 0 Å². The minimum Gasteiger partial charge on any atom is -0.465 e. The van der Waals surface area contributed by atoms with Crippen LogP contribution in [0.15, 0.2) is 0 Å². The Kier molecular flexibility index (Phi) is 15.7. The van der Waals surface area contributed by atoms with Crippen LogP contribution in [-0.4, -0.2) is 61.4 Å². The van der Waals surface area contributed by atoms with Gasteiger partial charge in [-0.2, -0.15) is 0 Å². The van der Waals surface area contributed by atoms with Gasteiger partial charge < -0.3 is 19.5 Å². The SMILES string of the molecule is CCCCCC(CCCCC)CC(=O)OCC1(C)CC2CC(C)(COC(=O)CCCN(CC)CC)CC(CO)(C2)C1. The first-order valence-corrected chi connectivity index (χ1v) is 17.2. The van der Waals surface area contributed by atoms with Crippen molar-refractivity contribution in [2.45, 2.75) is 144 Å². The summed E-state index contributed by atoms with van der Waals surface area (Å²) in [6, 6.07) is 0. The lowest BCUT2D eigenvalue weighted by Gasteiger charge is -2.57. The molecule has 240 valence electrons. The number of fused-ring (bicyclic) bond motifs is 2. The number of carbonyl (C=O) groups excluding carboxylic acids is 2. The number of rotatable bonds is 21. The van der Waals surface area contributed by atoms with Crippen LogP contribution in [0.25, 0.3) is 0 Å². The van der Waals surface area contributed by atoms with Gasteiger partial charge in [-0.25, -0.2) is 0 Å². The van der Waals surface area contributed by atoms with Gasteiger partial charge in [-0.15, -0.1) is 0 Å². The van der Waals surface area contributed by atoms with Crippen LogP contribution >= 0.6 is 0 Å². The maximum atomic E-state index is 13.0. The maximum Gasteiger partial charge on any atom is 0.306 e. The number of unbranched alkanes of at least 4 members (excludes halogenated alkanes) is 4. The van der Waals surface area contributed by atoms with Crippen LogP contribution in [0.4, 0.5) is 0 Å². The van der Waals surface area contributed by atoms with E-state index in [2.05, 4.69) is 46.4 Å². The predicted octanol–water partition coefficient (Wildman–Crippen LogP) is 7.95. The molecule has 2 aliphatic rings. The van der Waals surface area contributed by atoms with Crippen molar-refractivity contribution in [1.29, 1.82) is 0 Å². The summed E-state index contributed by atoms with van der Waals surface area (Å²) in [6.07, 6.45) is 16.0. The summed E-state index contributed by atoms with van der Waals surface area (Å²) < 4.78 is 11.8. The van der Waals surface area contributed by atoms with Gasteiger partial charge in [0.15, 0.2) is 0 Å². The zero-order valence-corrected chi connectivity index (χ0v) is 27.7. The predicted molar refractivity (Wildman–Crippen MR) is 168 cm³/mol. The Morgan fingerprint density at radius 2 is 1.34 bits per heavy atom. The maximum absolute atomic E-state index is 13.0. The number of ether oxygens (including phenoxy) is 2. The topological polar surface area (TPSA) is 76.1 Å². The smallest absolute Gasteiger partial charge is 0.306 e. The highest BCUT2D eigenvalue weighted by Crippen LogP contribution is 2.60. The summed E-state index contributed by atoms with van der Waals surface area (Å²) in [5.74, 6) is 0.724. The molecule has 4 unspecified atom stereocenters. The molecule has 0 aromatic carbocycles. The summed E-state index contributed by atoms with van der Waals surface area (Å²) in [4.78, 5) is 27.8. The fraction of sp³-hybridized carbons (Fsp3) is 0.943. The van der Waals surface area contributed by atoms with Gasteiger partial charge in [0.25, 0.3) is 0 Å². The Bertz CT molecular complexity index is 760. The van der Waals surface area contributed by atoms with Gasteiger partial charge in [0, 0.05) is 30.3 Å². The summed E-state index contributed by atoms with van der Waals surface area (Å²) in [7, 11) is 0. The van der Waals surface area contributed by atoms with E-state index in [4.69, 9.17) is 9.47 Å². The van der Waals surface area contributed by atoms with E-state index in [1.165, 1.54) is 38.5 Å². The minimum atomic E-state index is -0.199. The van der Waals surface area contributed by atoms with Crippen molar-refractivity contribution in [2.24, 2.45) is 28.1 Å². The molecule has 0 aromatic rings. The van der Waals surface area contributed by atoms with E-state index in [1.807, 2.05) is 0 Å². The zero-order chi connectivity index (χ0) is 30.4. The molecule has 0 aliphatic heterocycles. The van der Waals surface area contributed by atoms with Gasteiger partial charge in [0.2, 0.25) is 0 Å². The molecule has 0 aromatic heterocycles. The van der Waals surface area contributed by atoms with Crippen LogP contribution in [-0.2, 0) is 19.1 Å². The van der Waals surface area contributed by atoms with Crippen LogP contribution in [0.2, 0.25) is 0 Å². The second-order valence-corrected chi connectivity index (χ2v) is 14.6. The molecule has 0 spiro atoms. The molecule has 41 heavy (non-hydrogen) atoms. The number of hydrogen-bond acceptors (Lipinski definition) is 6. The van der Waals surface area contributed by atoms with Gasteiger partial charge in [-0.3, -0.25) is 9.59 Å². The van der Waals surface area contributed by atoms with Crippen LogP contribution in [0.1, 0.15) is 144 Å². The zero-order valence-electron chi connectivity index (χ0n) is 27.7. The van der Waals surface area contributed by atoms with Crippen LogP contribution in [0.5, 0.6) is 0 Å². The highest BCUT2D eigenvalue weighted by atomic mass is 16.5. The molecule has 2 fully saturated rings. The number of aliphatic hydroxyl groups is 1. The lowest BCUT2D eigenvalue weighted by molar-refractivity contribution is -0.161. The molecule has 0 heterocycles. The van der Waals surface area contributed by atoms with E-state index in [1.54, 1.807) is 0 Å². The van der Waals surface area contributed by atoms with Gasteiger partial charge >= 0.3 is 11.9 Å². The molecule has 0 saturated heterocycles. The summed E-state index contributed by atoms with van der Waals surface area (Å²) in [6.45, 7) is 17.2. The molecule has 2 rings (SSSR count). The molecule has 0 amide bonds. The van der Waals surface area contributed by atoms with Crippen molar-refractivity contribution in [1.82, 2.24) is 4.90 Å². The van der Waals surface area contributed by atoms with Gasteiger partial charge in [0.1, 0.15) is 0 Å². The Morgan fingerprint density at radius 3 is 1.83 bits per heavy atom. The Morgan fingerprint density at radius 1 is 0.805 bits per heavy atom. The third-order valence-corrected chi connectivity index (χ3v) is 10.0. The van der Waals surface area contributed by atoms with E-state index >= 15 is 0 Å². The number of aliphatic hydroxyl groups excluding tert-OH is 1. The molecule has 2 aliphatic carbocycles. The highest BCUT2D eigenvalue weighted by Gasteiger charge is 2.54. The second kappa shape index (κ2) is 17.9. The molecule has 2 saturated carbocycles. The van der Waals surface area contributed by atoms with E-state index in [0.29, 0.717) is 37.9 Å². The first kappa shape index (κ1) is 36.1. The fourth-order valence-corrected chi connectivity index (χ4v) is 8.36. The molecule has 0 radical (unpaired) electrons. The van der Waals surface area contributed by atoms with Crippen molar-refractivity contribution in [3.8, 4) is 0 Å². The van der Waals surface area contributed by atoms with Crippen molar-refractivity contribution in [2.75, 3.05) is 39.5 Å². The molecule has 2 bridgehead atoms. The average molecular weight is 580 g/mol. The molecule has 1 N–H and O–H groups in total. The Balaban J connectivity index is 1.89. The van der Waals surface area contributed by atoms with Gasteiger partial charge in [-0.05, 0) is 88.3 Å². The average Bonchev–Trinajstić information content (AvgIpc) is 2.92. The van der Waals surface area contributed by atoms with Gasteiger partial charge in [0.05, 0.1) is 13.2 Å². The molecule has 4 atom stereocenters. The largest absolute Gasteiger partial charge is 0.465 e. The van der Waals surface area contributed by atoms with Crippen LogP contribution in [0.3, 0.4) is 0 Å². The fourth-order valence-electron chi connectivity index (χ4n) is 8.36. The number of nitrogens with zero attached hydrogens (tertiary/aromatic N) is 1. The number of carbonyl (C=O) groups is 2. The molecular formula is C35H65NO5. The van der Waals surface area contributed by atoms with E-state index in [0.717, 1.165) is 71.0 Å². The third kappa shape index (κ3) is 12.6. The first-order chi connectivity index (χ1) is 19.5. The van der Waals surface area contributed by atoms with Crippen molar-refractivity contribution < 1.29 is 24.2 Å². The summed E-state index contributed by atoms with van der Waals surface area (Å²) >= 11 is 0. The summed E-state index contributed by atoms with van der Waals surface area (Å²) in [5.41, 5.74) is -0.443. The molecule has 6 heteroatoms. The number of esters is 2. The second-order valence-electron chi connectivity index (χ2n) is 14.6. The van der Waals surface area contributed by atoms with Crippen molar-refractivity contribution >= 4 is 11.9 Å². The third-order valence-electron chi connectivity index (χ3n) is 10.0. The normalized spacial score (nSPS) is 27.8. The highest BCUT2D eigenvalue weighted by molar-refractivity contribution is 5.69. The Hall–Kier alpha value is -1.14. The van der Waals surface area contributed by atoms with Crippen LogP contribution in [0, 0.1) is 28.1 Å². The monoisotopic (exact) mass is 579 g/mol. The van der Waals surface area contributed by atoms with E-state index in [9.17, 15) is 14.7 Å². The van der Waals surface area contributed by atoms with Gasteiger partial charge in [-0.1, -0.05) is 80.1 Å². The quantitative estimate of drug-likeness (QED) is 0.110. The first-order valence-electron chi connectivity index (χ1n) is 17.2. The lowest BCUT2D eigenvalue weighted by atomic mass is 9.49. The van der Waals surface area contributed by atoms with Crippen molar-refractivity contribution in [3.05, 3.63) is 0 Å². The Labute approximate surface area is 252 Å². The molecular weight excluding hydrogens is 514 g/mol. The minimum absolute atomic E-state index is 0.0456. The lowest BCUT2D eigenvalue weighted by Crippen LogP contribution is -2.51. The van der Waals surface area contributed by atoms with Crippen LogP contribution < -0.4 is 0 Å². The van der Waals surface area contributed by atoms with Crippen molar-refractivity contribution in [3.63, 3.8) is 0 Å². The summed E-state index contributed by atoms with van der Waals surface area (Å²) in [5, 5.41) is 10.6. The number of hydrogen-bond donors (Lipinski definition) is 1. The standard InChI is InChI=1S/C35H65NO5/c1-7-11-13-16-29(17-14-12-8-2)20-32(39)41-28-34(6)22-30-21-33(5,24-35(23-30,25-34)26-37)27-40-31(38)18-15-19-36(9-3)10-4/h29-30,37H,7-28H2,1-6H3. The molecule has 6 nitrogen and oxygen atoms in total. The van der Waals surface area contributed by atoms with E-state index in [-0.39, 0.29) is 34.8 Å².